The van der Waals surface area contributed by atoms with Crippen molar-refractivity contribution in [3.63, 3.8) is 0 Å². The molecule has 21 heavy (non-hydrogen) atoms. The van der Waals surface area contributed by atoms with Gasteiger partial charge >= 0.3 is 5.97 Å². The number of ether oxygens (including phenoxy) is 1. The van der Waals surface area contributed by atoms with E-state index in [0.29, 0.717) is 31.2 Å². The molecule has 0 atom stereocenters. The van der Waals surface area contributed by atoms with Crippen LogP contribution in [0.15, 0.2) is 28.8 Å². The predicted molar refractivity (Wildman–Crippen MR) is 76.7 cm³/mol. The van der Waals surface area contributed by atoms with E-state index in [-0.39, 0.29) is 5.97 Å². The standard InChI is InChI=1S/C16H18N2O3/c1-3-11-5-7-12(8-6-11)13-17-14(21-18-13)16(9-10-16)15(19)20-4-2/h5-8H,3-4,9-10H2,1-2H3. The molecule has 5 heteroatoms. The highest BCUT2D eigenvalue weighted by Crippen LogP contribution is 2.48. The molecule has 1 aliphatic carbocycles. The van der Waals surface area contributed by atoms with Gasteiger partial charge in [0.15, 0.2) is 0 Å². The summed E-state index contributed by atoms with van der Waals surface area (Å²) in [4.78, 5) is 16.4. The third-order valence-corrected chi connectivity index (χ3v) is 3.87. The molecule has 1 aliphatic rings. The zero-order valence-corrected chi connectivity index (χ0v) is 12.3. The molecule has 0 radical (unpaired) electrons. The number of nitrogens with zero attached hydrogens (tertiary/aromatic N) is 2. The van der Waals surface area contributed by atoms with Crippen LogP contribution in [0.25, 0.3) is 11.4 Å². The van der Waals surface area contributed by atoms with Crippen LogP contribution in [0, 0.1) is 0 Å². The fourth-order valence-corrected chi connectivity index (χ4v) is 2.32. The summed E-state index contributed by atoms with van der Waals surface area (Å²) in [5.41, 5.74) is 1.44. The number of hydrogen-bond donors (Lipinski definition) is 0. The number of benzene rings is 1. The van der Waals surface area contributed by atoms with E-state index in [1.807, 2.05) is 24.3 Å². The lowest BCUT2D eigenvalue weighted by atomic mass is 10.1. The van der Waals surface area contributed by atoms with Crippen molar-refractivity contribution in [1.29, 1.82) is 0 Å². The summed E-state index contributed by atoms with van der Waals surface area (Å²) in [6.45, 7) is 4.26. The molecule has 110 valence electrons. The average Bonchev–Trinajstić information content (AvgIpc) is 3.18. The van der Waals surface area contributed by atoms with Crippen LogP contribution in [-0.2, 0) is 21.4 Å². The van der Waals surface area contributed by atoms with Gasteiger partial charge in [0.05, 0.1) is 6.61 Å². The van der Waals surface area contributed by atoms with Gasteiger partial charge in [0.2, 0.25) is 11.7 Å². The Morgan fingerprint density at radius 1 is 1.29 bits per heavy atom. The van der Waals surface area contributed by atoms with Crippen LogP contribution in [0.3, 0.4) is 0 Å². The molecule has 0 saturated heterocycles. The Labute approximate surface area is 123 Å². The van der Waals surface area contributed by atoms with Gasteiger partial charge in [-0.3, -0.25) is 4.79 Å². The molecule has 1 aromatic carbocycles. The Balaban J connectivity index is 1.84. The number of aromatic nitrogens is 2. The Morgan fingerprint density at radius 2 is 2.00 bits per heavy atom. The summed E-state index contributed by atoms with van der Waals surface area (Å²) in [6.07, 6.45) is 2.41. The number of hydrogen-bond acceptors (Lipinski definition) is 5. The normalized spacial score (nSPS) is 15.7. The first-order valence-electron chi connectivity index (χ1n) is 7.30. The largest absolute Gasteiger partial charge is 0.465 e. The average molecular weight is 286 g/mol. The minimum Gasteiger partial charge on any atom is -0.465 e. The van der Waals surface area contributed by atoms with Gasteiger partial charge in [-0.2, -0.15) is 4.98 Å². The van der Waals surface area contributed by atoms with Crippen LogP contribution < -0.4 is 0 Å². The SMILES string of the molecule is CCOC(=O)C1(c2nc(-c3ccc(CC)cc3)no2)CC1. The van der Waals surface area contributed by atoms with Gasteiger partial charge in [-0.05, 0) is 31.7 Å². The lowest BCUT2D eigenvalue weighted by Crippen LogP contribution is -2.23. The van der Waals surface area contributed by atoms with Crippen molar-refractivity contribution >= 4 is 5.97 Å². The minimum atomic E-state index is -0.704. The maximum absolute atomic E-state index is 12.0. The molecule has 1 heterocycles. The van der Waals surface area contributed by atoms with E-state index in [1.165, 1.54) is 5.56 Å². The van der Waals surface area contributed by atoms with Crippen molar-refractivity contribution < 1.29 is 14.1 Å². The number of carbonyl (C=O) groups is 1. The molecule has 5 nitrogen and oxygen atoms in total. The highest BCUT2D eigenvalue weighted by atomic mass is 16.5. The fraction of sp³-hybridized carbons (Fsp3) is 0.438. The molecule has 0 unspecified atom stereocenters. The summed E-state index contributed by atoms with van der Waals surface area (Å²) in [5, 5.41) is 4.00. The maximum Gasteiger partial charge on any atom is 0.321 e. The second kappa shape index (κ2) is 5.31. The second-order valence-corrected chi connectivity index (χ2v) is 5.28. The van der Waals surface area contributed by atoms with Crippen molar-refractivity contribution in [3.8, 4) is 11.4 Å². The molecule has 0 spiro atoms. The molecule has 1 fully saturated rings. The van der Waals surface area contributed by atoms with Crippen LogP contribution in [0.2, 0.25) is 0 Å². The smallest absolute Gasteiger partial charge is 0.321 e. The van der Waals surface area contributed by atoms with Crippen molar-refractivity contribution in [2.45, 2.75) is 38.5 Å². The van der Waals surface area contributed by atoms with Gasteiger partial charge in [0.1, 0.15) is 5.41 Å². The molecule has 0 bridgehead atoms. The fourth-order valence-electron chi connectivity index (χ4n) is 2.32. The molecule has 1 saturated carbocycles. The molecule has 2 aromatic rings. The zero-order valence-electron chi connectivity index (χ0n) is 12.3. The van der Waals surface area contributed by atoms with Crippen molar-refractivity contribution in [3.05, 3.63) is 35.7 Å². The molecule has 3 rings (SSSR count). The summed E-state index contributed by atoms with van der Waals surface area (Å²) >= 11 is 0. The predicted octanol–water partition coefficient (Wildman–Crippen LogP) is 2.89. The summed E-state index contributed by atoms with van der Waals surface area (Å²) < 4.78 is 10.4. The molecule has 0 aliphatic heterocycles. The van der Waals surface area contributed by atoms with Gasteiger partial charge in [0, 0.05) is 5.56 Å². The maximum atomic E-state index is 12.0. The Morgan fingerprint density at radius 3 is 2.57 bits per heavy atom. The highest BCUT2D eigenvalue weighted by molar-refractivity contribution is 5.85. The van der Waals surface area contributed by atoms with Crippen LogP contribution in [0.5, 0.6) is 0 Å². The number of carbonyl (C=O) groups excluding carboxylic acids is 1. The Bertz CT molecular complexity index is 642. The van der Waals surface area contributed by atoms with E-state index in [2.05, 4.69) is 17.1 Å². The second-order valence-electron chi connectivity index (χ2n) is 5.28. The Hall–Kier alpha value is -2.17. The summed E-state index contributed by atoms with van der Waals surface area (Å²) in [7, 11) is 0. The molecular formula is C16H18N2O3. The van der Waals surface area contributed by atoms with E-state index in [0.717, 1.165) is 12.0 Å². The van der Waals surface area contributed by atoms with Gasteiger partial charge in [0.25, 0.3) is 0 Å². The number of rotatable bonds is 5. The van der Waals surface area contributed by atoms with Crippen molar-refractivity contribution in [2.24, 2.45) is 0 Å². The van der Waals surface area contributed by atoms with Gasteiger partial charge in [-0.1, -0.05) is 36.3 Å². The van der Waals surface area contributed by atoms with E-state index in [9.17, 15) is 4.79 Å². The lowest BCUT2D eigenvalue weighted by molar-refractivity contribution is -0.146. The zero-order chi connectivity index (χ0) is 14.9. The molecular weight excluding hydrogens is 268 g/mol. The first-order chi connectivity index (χ1) is 10.2. The first-order valence-corrected chi connectivity index (χ1v) is 7.30. The van der Waals surface area contributed by atoms with Crippen LogP contribution in [-0.4, -0.2) is 22.7 Å². The van der Waals surface area contributed by atoms with Crippen molar-refractivity contribution in [1.82, 2.24) is 10.1 Å². The van der Waals surface area contributed by atoms with E-state index < -0.39 is 5.41 Å². The highest BCUT2D eigenvalue weighted by Gasteiger charge is 2.57. The molecule has 0 N–H and O–H groups in total. The monoisotopic (exact) mass is 286 g/mol. The topological polar surface area (TPSA) is 65.2 Å². The van der Waals surface area contributed by atoms with Crippen molar-refractivity contribution in [2.75, 3.05) is 6.61 Å². The number of aryl methyl sites for hydroxylation is 1. The molecule has 1 aromatic heterocycles. The first kappa shape index (κ1) is 13.8. The minimum absolute atomic E-state index is 0.262. The van der Waals surface area contributed by atoms with Gasteiger partial charge in [-0.15, -0.1) is 0 Å². The van der Waals surface area contributed by atoms with Crippen LogP contribution in [0.4, 0.5) is 0 Å². The third-order valence-electron chi connectivity index (χ3n) is 3.87. The van der Waals surface area contributed by atoms with Crippen LogP contribution in [0.1, 0.15) is 38.1 Å². The number of esters is 1. The van der Waals surface area contributed by atoms with E-state index in [4.69, 9.17) is 9.26 Å². The summed E-state index contributed by atoms with van der Waals surface area (Å²) in [5.74, 6) is 0.625. The third kappa shape index (κ3) is 2.44. The molecule has 0 amide bonds. The quantitative estimate of drug-likeness (QED) is 0.791. The summed E-state index contributed by atoms with van der Waals surface area (Å²) in [6, 6.07) is 8.03. The Kier molecular flexibility index (Phi) is 3.49. The van der Waals surface area contributed by atoms with E-state index in [1.54, 1.807) is 6.92 Å². The van der Waals surface area contributed by atoms with Gasteiger partial charge < -0.3 is 9.26 Å². The lowest BCUT2D eigenvalue weighted by Gasteiger charge is -2.08. The van der Waals surface area contributed by atoms with E-state index >= 15 is 0 Å². The van der Waals surface area contributed by atoms with Gasteiger partial charge in [-0.25, -0.2) is 0 Å². The van der Waals surface area contributed by atoms with Crippen LogP contribution >= 0.6 is 0 Å².